The molecule has 3 aromatic rings. The molecular weight excluding hydrogens is 352 g/mol. The third-order valence-corrected chi connectivity index (χ3v) is 4.04. The quantitative estimate of drug-likeness (QED) is 0.631. The van der Waals surface area contributed by atoms with Crippen LogP contribution in [0.1, 0.15) is 10.4 Å². The fourth-order valence-electron chi connectivity index (χ4n) is 2.32. The Morgan fingerprint density at radius 3 is 2.04 bits per heavy atom. The monoisotopic (exact) mass is 366 g/mol. The zero-order valence-corrected chi connectivity index (χ0v) is 14.8. The fraction of sp³-hybridized carbons (Fsp3) is 0. The first-order valence-corrected chi connectivity index (χ1v) is 8.44. The van der Waals surface area contributed by atoms with Gasteiger partial charge in [-0.15, -0.1) is 0 Å². The molecule has 0 atom stereocenters. The van der Waals surface area contributed by atoms with Crippen LogP contribution in [0.5, 0.6) is 0 Å². The highest BCUT2D eigenvalue weighted by Gasteiger charge is 2.08. The van der Waals surface area contributed by atoms with Crippen molar-refractivity contribution >= 4 is 40.5 Å². The van der Waals surface area contributed by atoms with Crippen LogP contribution < -0.4 is 10.6 Å². The van der Waals surface area contributed by atoms with Crippen LogP contribution in [0.3, 0.4) is 0 Å². The minimum Gasteiger partial charge on any atom is -0.332 e. The first-order chi connectivity index (χ1) is 12.1. The van der Waals surface area contributed by atoms with E-state index < -0.39 is 0 Å². The highest BCUT2D eigenvalue weighted by Crippen LogP contribution is 2.19. The Morgan fingerprint density at radius 2 is 1.40 bits per heavy atom. The van der Waals surface area contributed by atoms with Crippen molar-refractivity contribution < 1.29 is 4.79 Å². The fourth-order valence-corrected chi connectivity index (χ4v) is 2.65. The lowest BCUT2D eigenvalue weighted by atomic mass is 10.0. The van der Waals surface area contributed by atoms with E-state index in [0.29, 0.717) is 10.6 Å². The molecule has 3 aromatic carbocycles. The molecule has 0 radical (unpaired) electrons. The summed E-state index contributed by atoms with van der Waals surface area (Å²) in [5.74, 6) is -0.258. The zero-order chi connectivity index (χ0) is 17.6. The molecule has 2 N–H and O–H groups in total. The number of carbonyl (C=O) groups excluding carboxylic acids is 1. The number of nitrogens with one attached hydrogen (secondary N) is 2. The maximum Gasteiger partial charge on any atom is 0.257 e. The van der Waals surface area contributed by atoms with E-state index in [-0.39, 0.29) is 11.0 Å². The van der Waals surface area contributed by atoms with E-state index in [0.717, 1.165) is 16.8 Å². The molecule has 0 aliphatic carbocycles. The lowest BCUT2D eigenvalue weighted by molar-refractivity contribution is 0.0978. The Hall–Kier alpha value is -2.69. The molecule has 25 heavy (non-hydrogen) atoms. The number of amides is 1. The van der Waals surface area contributed by atoms with Gasteiger partial charge < -0.3 is 5.32 Å². The van der Waals surface area contributed by atoms with Crippen LogP contribution in [0.25, 0.3) is 11.1 Å². The molecule has 0 unspecified atom stereocenters. The Balaban J connectivity index is 1.63. The molecule has 0 aliphatic heterocycles. The van der Waals surface area contributed by atoms with Crippen LogP contribution in [0.15, 0.2) is 78.9 Å². The van der Waals surface area contributed by atoms with Crippen molar-refractivity contribution in [2.75, 3.05) is 5.32 Å². The summed E-state index contributed by atoms with van der Waals surface area (Å²) in [7, 11) is 0. The van der Waals surface area contributed by atoms with Crippen molar-refractivity contribution in [2.45, 2.75) is 0 Å². The summed E-state index contributed by atoms with van der Waals surface area (Å²) in [5.41, 5.74) is 3.46. The van der Waals surface area contributed by atoms with E-state index in [2.05, 4.69) is 10.6 Å². The molecule has 0 bridgehead atoms. The summed E-state index contributed by atoms with van der Waals surface area (Å²) < 4.78 is 0. The first-order valence-electron chi connectivity index (χ1n) is 7.65. The van der Waals surface area contributed by atoms with Crippen molar-refractivity contribution in [3.63, 3.8) is 0 Å². The number of rotatable bonds is 3. The third-order valence-electron chi connectivity index (χ3n) is 3.58. The van der Waals surface area contributed by atoms with Crippen LogP contribution in [-0.4, -0.2) is 11.0 Å². The van der Waals surface area contributed by atoms with Crippen molar-refractivity contribution in [1.82, 2.24) is 5.32 Å². The van der Waals surface area contributed by atoms with E-state index in [9.17, 15) is 4.79 Å². The van der Waals surface area contributed by atoms with Crippen LogP contribution >= 0.6 is 23.8 Å². The van der Waals surface area contributed by atoms with Gasteiger partial charge in [-0.3, -0.25) is 10.1 Å². The minimum atomic E-state index is -0.258. The lowest BCUT2D eigenvalue weighted by Gasteiger charge is -2.10. The number of carbonyl (C=O) groups is 1. The molecule has 0 aliphatic rings. The second-order valence-electron chi connectivity index (χ2n) is 5.36. The summed E-state index contributed by atoms with van der Waals surface area (Å²) >= 11 is 11.0. The van der Waals surface area contributed by atoms with Crippen molar-refractivity contribution in [3.8, 4) is 11.1 Å². The average molecular weight is 367 g/mol. The second kappa shape index (κ2) is 7.92. The Bertz CT molecular complexity index is 878. The van der Waals surface area contributed by atoms with Gasteiger partial charge >= 0.3 is 0 Å². The van der Waals surface area contributed by atoms with E-state index in [1.807, 2.05) is 42.5 Å². The van der Waals surface area contributed by atoms with Gasteiger partial charge in [0.1, 0.15) is 0 Å². The molecule has 3 rings (SSSR count). The maximum absolute atomic E-state index is 12.3. The van der Waals surface area contributed by atoms with Gasteiger partial charge in [0.2, 0.25) is 0 Å². The van der Waals surface area contributed by atoms with E-state index in [1.54, 1.807) is 36.4 Å². The second-order valence-corrected chi connectivity index (χ2v) is 6.20. The molecule has 5 heteroatoms. The molecular formula is C20H15ClN2OS. The summed E-state index contributed by atoms with van der Waals surface area (Å²) in [6.45, 7) is 0. The van der Waals surface area contributed by atoms with Crippen LogP contribution in [0.4, 0.5) is 5.69 Å². The van der Waals surface area contributed by atoms with Crippen LogP contribution in [0, 0.1) is 0 Å². The van der Waals surface area contributed by atoms with Crippen molar-refractivity contribution in [3.05, 3.63) is 89.4 Å². The van der Waals surface area contributed by atoms with Gasteiger partial charge in [-0.25, -0.2) is 0 Å². The van der Waals surface area contributed by atoms with Crippen LogP contribution in [-0.2, 0) is 0 Å². The number of thiocarbonyl (C=S) groups is 1. The van der Waals surface area contributed by atoms with Crippen molar-refractivity contribution in [2.24, 2.45) is 0 Å². The predicted octanol–water partition coefficient (Wildman–Crippen LogP) is 5.13. The third kappa shape index (κ3) is 4.66. The zero-order valence-electron chi connectivity index (χ0n) is 13.2. The molecule has 0 spiro atoms. The molecule has 0 heterocycles. The van der Waals surface area contributed by atoms with Gasteiger partial charge in [0.25, 0.3) is 5.91 Å². The molecule has 1 amide bonds. The SMILES string of the molecule is O=C(NC(=S)Nc1ccc(Cl)cc1)c1ccc(-c2ccccc2)cc1. The highest BCUT2D eigenvalue weighted by molar-refractivity contribution is 7.80. The van der Waals surface area contributed by atoms with Gasteiger partial charge in [-0.2, -0.15) is 0 Å². The van der Waals surface area contributed by atoms with Crippen LogP contribution in [0.2, 0.25) is 5.02 Å². The van der Waals surface area contributed by atoms with Gasteiger partial charge in [0.15, 0.2) is 5.11 Å². The van der Waals surface area contributed by atoms with E-state index in [1.165, 1.54) is 0 Å². The molecule has 0 aromatic heterocycles. The van der Waals surface area contributed by atoms with Gasteiger partial charge in [0.05, 0.1) is 0 Å². The van der Waals surface area contributed by atoms with Gasteiger partial charge in [-0.1, -0.05) is 54.1 Å². The smallest absolute Gasteiger partial charge is 0.257 e. The Kier molecular flexibility index (Phi) is 5.43. The maximum atomic E-state index is 12.3. The standard InChI is InChI=1S/C20H15ClN2OS/c21-17-10-12-18(13-11-17)22-20(25)23-19(24)16-8-6-15(7-9-16)14-4-2-1-3-5-14/h1-13H,(H2,22,23,24,25). The topological polar surface area (TPSA) is 41.1 Å². The normalized spacial score (nSPS) is 10.1. The molecule has 124 valence electrons. The van der Waals surface area contributed by atoms with E-state index >= 15 is 0 Å². The Morgan fingerprint density at radius 1 is 0.800 bits per heavy atom. The summed E-state index contributed by atoms with van der Waals surface area (Å²) in [5, 5.41) is 6.49. The first kappa shape index (κ1) is 17.1. The predicted molar refractivity (Wildman–Crippen MR) is 107 cm³/mol. The average Bonchev–Trinajstić information content (AvgIpc) is 2.64. The number of anilines is 1. The number of hydrogen-bond acceptors (Lipinski definition) is 2. The largest absolute Gasteiger partial charge is 0.332 e. The highest BCUT2D eigenvalue weighted by atomic mass is 35.5. The van der Waals surface area contributed by atoms with Crippen molar-refractivity contribution in [1.29, 1.82) is 0 Å². The molecule has 3 nitrogen and oxygen atoms in total. The Labute approximate surface area is 156 Å². The van der Waals surface area contributed by atoms with E-state index in [4.69, 9.17) is 23.8 Å². The number of benzene rings is 3. The molecule has 0 saturated carbocycles. The van der Waals surface area contributed by atoms with Gasteiger partial charge in [-0.05, 0) is 59.7 Å². The number of halogens is 1. The van der Waals surface area contributed by atoms with Gasteiger partial charge in [0, 0.05) is 16.3 Å². The summed E-state index contributed by atoms with van der Waals surface area (Å²) in [6, 6.07) is 24.5. The lowest BCUT2D eigenvalue weighted by Crippen LogP contribution is -2.34. The number of hydrogen-bond donors (Lipinski definition) is 2. The molecule has 0 fully saturated rings. The summed E-state index contributed by atoms with van der Waals surface area (Å²) in [6.07, 6.45) is 0. The summed E-state index contributed by atoms with van der Waals surface area (Å²) in [4.78, 5) is 12.3. The molecule has 0 saturated heterocycles. The minimum absolute atomic E-state index is 0.236.